The number of fused-ring (bicyclic) bond motifs is 1. The molecule has 0 unspecified atom stereocenters. The van der Waals surface area contributed by atoms with E-state index in [4.69, 9.17) is 14.2 Å². The third-order valence-corrected chi connectivity index (χ3v) is 6.68. The van der Waals surface area contributed by atoms with Gasteiger partial charge in [0.1, 0.15) is 5.75 Å². The highest BCUT2D eigenvalue weighted by Crippen LogP contribution is 2.47. The fourth-order valence-electron chi connectivity index (χ4n) is 3.63. The van der Waals surface area contributed by atoms with Crippen molar-refractivity contribution in [1.82, 2.24) is 4.90 Å². The molecule has 0 N–H and O–H groups in total. The van der Waals surface area contributed by atoms with E-state index in [0.717, 1.165) is 10.5 Å². The fraction of sp³-hybridized carbons (Fsp3) is 0.423. The number of methoxy groups -OCH3 is 1. The SMILES string of the molecule is C.CCOC(=O)c1ccc2c(c1)N(CCN(C)C)C(=O)[C@H](OC(C)=O)[C@H](c1ccc(OC)cc1)S2. The number of hydrogen-bond acceptors (Lipinski definition) is 8. The van der Waals surface area contributed by atoms with E-state index < -0.39 is 23.3 Å². The van der Waals surface area contributed by atoms with Crippen LogP contribution in [-0.4, -0.2) is 69.8 Å². The Kier molecular flexibility index (Phi) is 10.2. The molecule has 0 saturated heterocycles. The number of hydrogen-bond donors (Lipinski definition) is 0. The Morgan fingerprint density at radius 1 is 1.11 bits per heavy atom. The van der Waals surface area contributed by atoms with Crippen molar-refractivity contribution in [3.8, 4) is 5.75 Å². The molecule has 0 bridgehead atoms. The summed E-state index contributed by atoms with van der Waals surface area (Å²) in [6.45, 7) is 4.23. The Balaban J connectivity index is 0.00000432. The van der Waals surface area contributed by atoms with Crippen LogP contribution in [0.5, 0.6) is 5.75 Å². The molecule has 2 aromatic rings. The summed E-state index contributed by atoms with van der Waals surface area (Å²) >= 11 is 1.42. The Bertz CT molecular complexity index is 1040. The lowest BCUT2D eigenvalue weighted by Gasteiger charge is -2.28. The maximum absolute atomic E-state index is 13.8. The van der Waals surface area contributed by atoms with Crippen molar-refractivity contribution in [2.45, 2.75) is 37.5 Å². The first-order valence-corrected chi connectivity index (χ1v) is 11.9. The molecule has 0 fully saturated rings. The first-order chi connectivity index (χ1) is 16.2. The van der Waals surface area contributed by atoms with Crippen LogP contribution < -0.4 is 9.64 Å². The number of thioether (sulfide) groups is 1. The lowest BCUT2D eigenvalue weighted by atomic mass is 10.1. The second-order valence-corrected chi connectivity index (χ2v) is 9.22. The molecule has 9 heteroatoms. The molecule has 1 amide bonds. The molecular weight excluding hydrogens is 468 g/mol. The predicted octanol–water partition coefficient (Wildman–Crippen LogP) is 4.18. The number of benzene rings is 2. The van der Waals surface area contributed by atoms with Gasteiger partial charge in [-0.3, -0.25) is 9.59 Å². The number of esters is 2. The van der Waals surface area contributed by atoms with Gasteiger partial charge < -0.3 is 24.0 Å². The molecule has 0 radical (unpaired) electrons. The van der Waals surface area contributed by atoms with Gasteiger partial charge in [0, 0.05) is 24.9 Å². The van der Waals surface area contributed by atoms with E-state index in [9.17, 15) is 14.4 Å². The first-order valence-electron chi connectivity index (χ1n) is 11.0. The van der Waals surface area contributed by atoms with Crippen LogP contribution in [-0.2, 0) is 19.1 Å². The minimum absolute atomic E-state index is 0. The molecule has 2 atom stereocenters. The van der Waals surface area contributed by atoms with Gasteiger partial charge in [0.25, 0.3) is 5.91 Å². The summed E-state index contributed by atoms with van der Waals surface area (Å²) in [7, 11) is 5.41. The first kappa shape index (κ1) is 28.2. The van der Waals surface area contributed by atoms with Crippen LogP contribution >= 0.6 is 11.8 Å². The molecule has 190 valence electrons. The van der Waals surface area contributed by atoms with Gasteiger partial charge in [-0.1, -0.05) is 19.6 Å². The van der Waals surface area contributed by atoms with Crippen molar-refractivity contribution in [1.29, 1.82) is 0 Å². The largest absolute Gasteiger partial charge is 0.497 e. The van der Waals surface area contributed by atoms with Crippen molar-refractivity contribution in [3.63, 3.8) is 0 Å². The molecule has 1 heterocycles. The van der Waals surface area contributed by atoms with E-state index in [0.29, 0.717) is 30.1 Å². The van der Waals surface area contributed by atoms with Crippen LogP contribution in [0.15, 0.2) is 47.4 Å². The number of amides is 1. The monoisotopic (exact) mass is 502 g/mol. The van der Waals surface area contributed by atoms with Crippen LogP contribution in [0, 0.1) is 0 Å². The lowest BCUT2D eigenvalue weighted by Crippen LogP contribution is -2.45. The number of anilines is 1. The molecular formula is C26H34N2O6S. The molecule has 8 nitrogen and oxygen atoms in total. The van der Waals surface area contributed by atoms with E-state index in [2.05, 4.69) is 0 Å². The van der Waals surface area contributed by atoms with Gasteiger partial charge in [-0.2, -0.15) is 0 Å². The zero-order valence-electron chi connectivity index (χ0n) is 20.1. The summed E-state index contributed by atoms with van der Waals surface area (Å²) in [5.74, 6) is -0.652. The van der Waals surface area contributed by atoms with Gasteiger partial charge in [-0.05, 0) is 56.9 Å². The molecule has 35 heavy (non-hydrogen) atoms. The minimum Gasteiger partial charge on any atom is -0.497 e. The van der Waals surface area contributed by atoms with Crippen LogP contribution in [0.3, 0.4) is 0 Å². The highest BCUT2D eigenvalue weighted by molar-refractivity contribution is 7.99. The zero-order valence-corrected chi connectivity index (χ0v) is 20.9. The summed E-state index contributed by atoms with van der Waals surface area (Å²) in [4.78, 5) is 42.6. The summed E-state index contributed by atoms with van der Waals surface area (Å²) in [6.07, 6.45) is -1.04. The molecule has 2 aromatic carbocycles. The van der Waals surface area contributed by atoms with Gasteiger partial charge in [0.05, 0.1) is 30.2 Å². The molecule has 3 rings (SSSR count). The maximum atomic E-state index is 13.8. The average molecular weight is 503 g/mol. The van der Waals surface area contributed by atoms with Crippen molar-refractivity contribution in [3.05, 3.63) is 53.6 Å². The molecule has 0 aliphatic carbocycles. The zero-order chi connectivity index (χ0) is 24.8. The van der Waals surface area contributed by atoms with E-state index in [1.807, 2.05) is 49.3 Å². The molecule has 1 aliphatic heterocycles. The normalized spacial score (nSPS) is 17.2. The standard InChI is InChI=1S/C25H30N2O6S.CH4/c1-6-32-25(30)18-9-12-21-20(15-18)27(14-13-26(3)4)24(29)22(33-16(2)28)23(34-21)17-7-10-19(31-5)11-8-17;/h7-12,15,22-23H,6,13-14H2,1-5H3;1H4/t22-,23+;/m1./s1. The van der Waals surface area contributed by atoms with E-state index in [1.54, 1.807) is 31.1 Å². The highest BCUT2D eigenvalue weighted by Gasteiger charge is 2.41. The van der Waals surface area contributed by atoms with Crippen LogP contribution in [0.2, 0.25) is 0 Å². The Labute approximate surface area is 211 Å². The van der Waals surface area contributed by atoms with E-state index in [1.165, 1.54) is 18.7 Å². The highest BCUT2D eigenvalue weighted by atomic mass is 32.2. The Hall–Kier alpha value is -3.04. The van der Waals surface area contributed by atoms with Crippen LogP contribution in [0.1, 0.15) is 42.4 Å². The summed E-state index contributed by atoms with van der Waals surface area (Å²) in [5, 5.41) is -0.487. The quantitative estimate of drug-likeness (QED) is 0.497. The number of rotatable bonds is 8. The minimum atomic E-state index is -1.04. The lowest BCUT2D eigenvalue weighted by molar-refractivity contribution is -0.152. The van der Waals surface area contributed by atoms with Crippen molar-refractivity contribution in [2.75, 3.05) is 45.8 Å². The predicted molar refractivity (Wildman–Crippen MR) is 137 cm³/mol. The second-order valence-electron chi connectivity index (χ2n) is 8.04. The maximum Gasteiger partial charge on any atom is 0.338 e. The third kappa shape index (κ3) is 6.76. The Morgan fingerprint density at radius 2 is 1.80 bits per heavy atom. The van der Waals surface area contributed by atoms with Crippen molar-refractivity contribution in [2.24, 2.45) is 0 Å². The summed E-state index contributed by atoms with van der Waals surface area (Å²) in [6, 6.07) is 12.5. The van der Waals surface area contributed by atoms with E-state index in [-0.39, 0.29) is 19.9 Å². The topological polar surface area (TPSA) is 85.4 Å². The average Bonchev–Trinajstić information content (AvgIpc) is 2.92. The smallest absolute Gasteiger partial charge is 0.338 e. The Morgan fingerprint density at radius 3 is 2.37 bits per heavy atom. The number of nitrogens with zero attached hydrogens (tertiary/aromatic N) is 2. The number of carbonyl (C=O) groups excluding carboxylic acids is 3. The molecule has 0 aromatic heterocycles. The second kappa shape index (κ2) is 12.6. The fourth-order valence-corrected chi connectivity index (χ4v) is 4.93. The molecule has 0 saturated carbocycles. The van der Waals surface area contributed by atoms with Gasteiger partial charge >= 0.3 is 11.9 Å². The summed E-state index contributed by atoms with van der Waals surface area (Å²) < 4.78 is 16.0. The summed E-state index contributed by atoms with van der Waals surface area (Å²) in [5.41, 5.74) is 1.77. The van der Waals surface area contributed by atoms with Crippen LogP contribution in [0.25, 0.3) is 0 Å². The van der Waals surface area contributed by atoms with Crippen LogP contribution in [0.4, 0.5) is 5.69 Å². The van der Waals surface area contributed by atoms with E-state index >= 15 is 0 Å². The van der Waals surface area contributed by atoms with Gasteiger partial charge in [-0.15, -0.1) is 11.8 Å². The number of ether oxygens (including phenoxy) is 3. The van der Waals surface area contributed by atoms with Gasteiger partial charge in [-0.25, -0.2) is 4.79 Å². The molecule has 1 aliphatic rings. The van der Waals surface area contributed by atoms with Crippen molar-refractivity contribution >= 4 is 35.3 Å². The number of carbonyl (C=O) groups is 3. The van der Waals surface area contributed by atoms with Crippen molar-refractivity contribution < 1.29 is 28.6 Å². The third-order valence-electron chi connectivity index (χ3n) is 5.31. The number of likely N-dealkylation sites (N-methyl/N-ethyl adjacent to an activating group) is 1. The van der Waals surface area contributed by atoms with Gasteiger partial charge in [0.15, 0.2) is 6.10 Å². The van der Waals surface area contributed by atoms with Gasteiger partial charge in [0.2, 0.25) is 0 Å². The molecule has 0 spiro atoms.